The minimum absolute atomic E-state index is 0.0786. The van der Waals surface area contributed by atoms with Crippen molar-refractivity contribution < 1.29 is 9.18 Å². The Bertz CT molecular complexity index is 458. The van der Waals surface area contributed by atoms with E-state index in [2.05, 4.69) is 15.9 Å². The first-order valence-electron chi connectivity index (χ1n) is 6.48. The number of amides is 1. The molecule has 0 unspecified atom stereocenters. The van der Waals surface area contributed by atoms with Gasteiger partial charge >= 0.3 is 0 Å². The van der Waals surface area contributed by atoms with Crippen LogP contribution in [0.4, 0.5) is 4.39 Å². The van der Waals surface area contributed by atoms with E-state index in [-0.39, 0.29) is 11.9 Å². The van der Waals surface area contributed by atoms with E-state index in [1.165, 1.54) is 12.1 Å². The molecule has 0 aromatic heterocycles. The molecule has 0 saturated carbocycles. The summed E-state index contributed by atoms with van der Waals surface area (Å²) in [5.74, 6) is -0.196. The number of halogens is 2. The predicted octanol–water partition coefficient (Wildman–Crippen LogP) is 2.79. The van der Waals surface area contributed by atoms with Crippen molar-refractivity contribution in [2.24, 2.45) is 11.7 Å². The molecule has 1 aromatic rings. The van der Waals surface area contributed by atoms with Crippen molar-refractivity contribution in [3.8, 4) is 0 Å². The fraction of sp³-hybridized carbons (Fsp3) is 0.500. The third-order valence-corrected chi connectivity index (χ3v) is 4.06. The van der Waals surface area contributed by atoms with Crippen LogP contribution in [0.5, 0.6) is 0 Å². The highest BCUT2D eigenvalue weighted by Gasteiger charge is 2.26. The van der Waals surface area contributed by atoms with Crippen molar-refractivity contribution in [2.45, 2.75) is 25.8 Å². The van der Waals surface area contributed by atoms with Gasteiger partial charge in [-0.2, -0.15) is 0 Å². The largest absolute Gasteiger partial charge is 0.338 e. The van der Waals surface area contributed by atoms with Crippen molar-refractivity contribution in [3.05, 3.63) is 34.1 Å². The maximum atomic E-state index is 13.3. The minimum atomic E-state index is -0.404. The molecule has 0 radical (unpaired) electrons. The van der Waals surface area contributed by atoms with Crippen LogP contribution < -0.4 is 5.73 Å². The number of rotatable bonds is 2. The minimum Gasteiger partial charge on any atom is -0.338 e. The second-order valence-electron chi connectivity index (χ2n) is 5.17. The van der Waals surface area contributed by atoms with Crippen molar-refractivity contribution in [3.63, 3.8) is 0 Å². The zero-order valence-electron chi connectivity index (χ0n) is 10.9. The number of hydrogen-bond acceptors (Lipinski definition) is 2. The molecular formula is C14H18BrFN2O. The number of likely N-dealkylation sites (tertiary alicyclic amines) is 1. The molecule has 0 aliphatic carbocycles. The molecule has 5 heteroatoms. The lowest BCUT2D eigenvalue weighted by Crippen LogP contribution is -2.45. The van der Waals surface area contributed by atoms with E-state index in [0.29, 0.717) is 22.5 Å². The fourth-order valence-corrected chi connectivity index (χ4v) is 2.95. The fourth-order valence-electron chi connectivity index (χ4n) is 2.48. The van der Waals surface area contributed by atoms with Crippen LogP contribution in [0.25, 0.3) is 0 Å². The van der Waals surface area contributed by atoms with E-state index in [9.17, 15) is 9.18 Å². The van der Waals surface area contributed by atoms with Crippen LogP contribution in [0, 0.1) is 11.7 Å². The van der Waals surface area contributed by atoms with E-state index in [0.717, 1.165) is 19.4 Å². The molecule has 0 bridgehead atoms. The molecule has 1 fully saturated rings. The second-order valence-corrected chi connectivity index (χ2v) is 6.09. The summed E-state index contributed by atoms with van der Waals surface area (Å²) < 4.78 is 13.9. The zero-order valence-corrected chi connectivity index (χ0v) is 12.5. The quantitative estimate of drug-likeness (QED) is 0.907. The molecule has 2 rings (SSSR count). The van der Waals surface area contributed by atoms with Gasteiger partial charge in [-0.1, -0.05) is 15.9 Å². The van der Waals surface area contributed by atoms with Gasteiger partial charge in [-0.15, -0.1) is 0 Å². The predicted molar refractivity (Wildman–Crippen MR) is 76.4 cm³/mol. The smallest absolute Gasteiger partial charge is 0.254 e. The van der Waals surface area contributed by atoms with Crippen LogP contribution in [0.15, 0.2) is 22.7 Å². The summed E-state index contributed by atoms with van der Waals surface area (Å²) in [5, 5.41) is 0. The van der Waals surface area contributed by atoms with Crippen molar-refractivity contribution in [2.75, 3.05) is 13.1 Å². The van der Waals surface area contributed by atoms with Crippen LogP contribution in [-0.2, 0) is 0 Å². The van der Waals surface area contributed by atoms with Gasteiger partial charge in [0.2, 0.25) is 0 Å². The van der Waals surface area contributed by atoms with E-state index in [1.807, 2.05) is 6.92 Å². The number of nitrogens with zero attached hydrogens (tertiary/aromatic N) is 1. The first kappa shape index (κ1) is 14.5. The van der Waals surface area contributed by atoms with Gasteiger partial charge in [0.05, 0.1) is 0 Å². The van der Waals surface area contributed by atoms with Crippen LogP contribution in [0.1, 0.15) is 30.1 Å². The molecule has 2 atom stereocenters. The van der Waals surface area contributed by atoms with Crippen molar-refractivity contribution in [1.82, 2.24) is 4.90 Å². The average molecular weight is 329 g/mol. The molecule has 1 amide bonds. The lowest BCUT2D eigenvalue weighted by atomic mass is 9.92. The van der Waals surface area contributed by atoms with Crippen LogP contribution in [0.2, 0.25) is 0 Å². The average Bonchev–Trinajstić information content (AvgIpc) is 2.37. The summed E-state index contributed by atoms with van der Waals surface area (Å²) in [6.07, 6.45) is 2.00. The Labute approximate surface area is 121 Å². The van der Waals surface area contributed by atoms with Gasteiger partial charge < -0.3 is 10.6 Å². The normalized spacial score (nSPS) is 21.3. The molecule has 1 aliphatic heterocycles. The van der Waals surface area contributed by atoms with Gasteiger partial charge in [0.25, 0.3) is 5.91 Å². The Morgan fingerprint density at radius 3 is 2.89 bits per heavy atom. The molecule has 1 aromatic carbocycles. The molecule has 104 valence electrons. The SMILES string of the molecule is C[C@@H](N)[C@H]1CCCN(C(=O)c2cc(F)cc(Br)c2)C1. The Morgan fingerprint density at radius 1 is 1.53 bits per heavy atom. The number of benzene rings is 1. The lowest BCUT2D eigenvalue weighted by molar-refractivity contribution is 0.0660. The molecule has 1 saturated heterocycles. The first-order chi connectivity index (χ1) is 8.97. The number of hydrogen-bond donors (Lipinski definition) is 1. The van der Waals surface area contributed by atoms with Gasteiger partial charge in [0.1, 0.15) is 5.82 Å². The summed E-state index contributed by atoms with van der Waals surface area (Å²) in [4.78, 5) is 14.1. The van der Waals surface area contributed by atoms with Gasteiger partial charge in [-0.05, 0) is 43.9 Å². The number of carbonyl (C=O) groups is 1. The number of piperidine rings is 1. The van der Waals surface area contributed by atoms with Gasteiger partial charge in [0.15, 0.2) is 0 Å². The summed E-state index contributed by atoms with van der Waals surface area (Å²) >= 11 is 3.21. The lowest BCUT2D eigenvalue weighted by Gasteiger charge is -2.34. The van der Waals surface area contributed by atoms with Gasteiger partial charge in [-0.3, -0.25) is 4.79 Å². The Kier molecular flexibility index (Phi) is 4.58. The highest BCUT2D eigenvalue weighted by atomic mass is 79.9. The molecule has 2 N–H and O–H groups in total. The van der Waals surface area contributed by atoms with Crippen LogP contribution in [-0.4, -0.2) is 29.9 Å². The van der Waals surface area contributed by atoms with E-state index in [1.54, 1.807) is 11.0 Å². The standard InChI is InChI=1S/C14H18BrFN2O/c1-9(17)10-3-2-4-18(8-10)14(19)11-5-12(15)7-13(16)6-11/h5-7,9-10H,2-4,8,17H2,1H3/t9-,10+/m1/s1. The molecule has 0 spiro atoms. The highest BCUT2D eigenvalue weighted by Crippen LogP contribution is 2.22. The topological polar surface area (TPSA) is 46.3 Å². The van der Waals surface area contributed by atoms with Gasteiger partial charge in [-0.25, -0.2) is 4.39 Å². The highest BCUT2D eigenvalue weighted by molar-refractivity contribution is 9.10. The molecule has 1 heterocycles. The second kappa shape index (κ2) is 6.01. The maximum absolute atomic E-state index is 13.3. The summed E-state index contributed by atoms with van der Waals surface area (Å²) in [5.41, 5.74) is 6.30. The molecule has 19 heavy (non-hydrogen) atoms. The number of carbonyl (C=O) groups excluding carboxylic acids is 1. The van der Waals surface area contributed by atoms with E-state index < -0.39 is 5.82 Å². The third-order valence-electron chi connectivity index (χ3n) is 3.60. The van der Waals surface area contributed by atoms with Crippen LogP contribution in [0.3, 0.4) is 0 Å². The van der Waals surface area contributed by atoms with E-state index in [4.69, 9.17) is 5.73 Å². The van der Waals surface area contributed by atoms with E-state index >= 15 is 0 Å². The monoisotopic (exact) mass is 328 g/mol. The molecular weight excluding hydrogens is 311 g/mol. The number of nitrogens with two attached hydrogens (primary N) is 1. The molecule has 1 aliphatic rings. The summed E-state index contributed by atoms with van der Waals surface area (Å²) in [7, 11) is 0. The first-order valence-corrected chi connectivity index (χ1v) is 7.27. The third kappa shape index (κ3) is 3.54. The van der Waals surface area contributed by atoms with Crippen LogP contribution >= 0.6 is 15.9 Å². The Balaban J connectivity index is 2.14. The Hall–Kier alpha value is -0.940. The summed E-state index contributed by atoms with van der Waals surface area (Å²) in [6.45, 7) is 3.35. The van der Waals surface area contributed by atoms with Gasteiger partial charge in [0, 0.05) is 29.2 Å². The molecule has 3 nitrogen and oxygen atoms in total. The van der Waals surface area contributed by atoms with Crippen molar-refractivity contribution >= 4 is 21.8 Å². The summed E-state index contributed by atoms with van der Waals surface area (Å²) in [6, 6.07) is 4.36. The zero-order chi connectivity index (χ0) is 14.0. The maximum Gasteiger partial charge on any atom is 0.254 e. The van der Waals surface area contributed by atoms with Crippen molar-refractivity contribution in [1.29, 1.82) is 0 Å². The Morgan fingerprint density at radius 2 is 2.26 bits per heavy atom.